The van der Waals surface area contributed by atoms with Crippen LogP contribution in [0.3, 0.4) is 0 Å². The number of likely N-dealkylation sites (tertiary alicyclic amines) is 1. The Kier molecular flexibility index (Phi) is 5.19. The molecule has 2 heterocycles. The Morgan fingerprint density at radius 1 is 1.55 bits per heavy atom. The van der Waals surface area contributed by atoms with E-state index in [4.69, 9.17) is 9.15 Å². The van der Waals surface area contributed by atoms with Gasteiger partial charge in [0.2, 0.25) is 5.91 Å². The van der Waals surface area contributed by atoms with Crippen molar-refractivity contribution >= 4 is 17.8 Å². The summed E-state index contributed by atoms with van der Waals surface area (Å²) in [4.78, 5) is 37.1. The van der Waals surface area contributed by atoms with Crippen molar-refractivity contribution in [1.82, 2.24) is 10.2 Å². The largest absolute Gasteiger partial charge is 0.467 e. The Balaban J connectivity index is 1.87. The van der Waals surface area contributed by atoms with Crippen molar-refractivity contribution < 1.29 is 23.5 Å². The van der Waals surface area contributed by atoms with Gasteiger partial charge in [0.25, 0.3) is 5.91 Å². The Morgan fingerprint density at radius 2 is 2.32 bits per heavy atom. The van der Waals surface area contributed by atoms with Crippen LogP contribution in [0.2, 0.25) is 0 Å². The molecule has 7 heteroatoms. The number of carbonyl (C=O) groups is 3. The van der Waals surface area contributed by atoms with E-state index in [0.717, 1.165) is 0 Å². The van der Waals surface area contributed by atoms with E-state index in [-0.39, 0.29) is 24.8 Å². The number of nitrogens with one attached hydrogen (secondary N) is 1. The first-order valence-electron chi connectivity index (χ1n) is 7.29. The minimum atomic E-state index is -0.860. The van der Waals surface area contributed by atoms with Crippen LogP contribution in [0.4, 0.5) is 0 Å². The van der Waals surface area contributed by atoms with Gasteiger partial charge in [-0.1, -0.05) is 0 Å². The van der Waals surface area contributed by atoms with Gasteiger partial charge in [-0.2, -0.15) is 0 Å². The van der Waals surface area contributed by atoms with Crippen LogP contribution in [0.1, 0.15) is 26.0 Å². The second-order valence-electron chi connectivity index (χ2n) is 5.23. The van der Waals surface area contributed by atoms with Gasteiger partial charge in [-0.05, 0) is 26.0 Å². The van der Waals surface area contributed by atoms with Crippen LogP contribution < -0.4 is 5.32 Å². The molecule has 0 unspecified atom stereocenters. The first kappa shape index (κ1) is 16.1. The fourth-order valence-corrected chi connectivity index (χ4v) is 2.32. The molecular formula is C15H20N2O5. The molecule has 7 nitrogen and oxygen atoms in total. The van der Waals surface area contributed by atoms with Gasteiger partial charge in [0.15, 0.2) is 6.10 Å². The fourth-order valence-electron chi connectivity index (χ4n) is 2.32. The maximum Gasteiger partial charge on any atom is 0.312 e. The first-order chi connectivity index (χ1) is 10.5. The molecule has 0 aliphatic carbocycles. The van der Waals surface area contributed by atoms with Gasteiger partial charge in [-0.25, -0.2) is 0 Å². The second kappa shape index (κ2) is 7.11. The lowest BCUT2D eigenvalue weighted by Crippen LogP contribution is -2.37. The highest BCUT2D eigenvalue weighted by molar-refractivity contribution is 5.88. The van der Waals surface area contributed by atoms with Crippen molar-refractivity contribution in [3.63, 3.8) is 0 Å². The van der Waals surface area contributed by atoms with Crippen LogP contribution in [0.25, 0.3) is 0 Å². The van der Waals surface area contributed by atoms with E-state index in [1.807, 2.05) is 0 Å². The summed E-state index contributed by atoms with van der Waals surface area (Å²) in [5, 5.41) is 2.58. The van der Waals surface area contributed by atoms with E-state index < -0.39 is 18.0 Å². The van der Waals surface area contributed by atoms with Crippen molar-refractivity contribution in [2.45, 2.75) is 32.9 Å². The number of ether oxygens (including phenoxy) is 1. The second-order valence-corrected chi connectivity index (χ2v) is 5.23. The van der Waals surface area contributed by atoms with Crippen molar-refractivity contribution in [3.8, 4) is 0 Å². The smallest absolute Gasteiger partial charge is 0.312 e. The van der Waals surface area contributed by atoms with E-state index in [1.165, 1.54) is 13.2 Å². The van der Waals surface area contributed by atoms with Gasteiger partial charge in [0.1, 0.15) is 5.76 Å². The predicted octanol–water partition coefficient (Wildman–Crippen LogP) is 0.696. The molecule has 120 valence electrons. The molecule has 1 aromatic rings. The number of amides is 2. The monoisotopic (exact) mass is 308 g/mol. The Bertz CT molecular complexity index is 540. The maximum atomic E-state index is 12.1. The lowest BCUT2D eigenvalue weighted by molar-refractivity contribution is -0.158. The molecule has 2 rings (SSSR count). The molecule has 1 saturated heterocycles. The average Bonchev–Trinajstić information content (AvgIpc) is 3.10. The highest BCUT2D eigenvalue weighted by atomic mass is 16.5. The number of carbonyl (C=O) groups excluding carboxylic acids is 3. The molecular weight excluding hydrogens is 288 g/mol. The quantitative estimate of drug-likeness (QED) is 0.781. The van der Waals surface area contributed by atoms with E-state index >= 15 is 0 Å². The normalized spacial score (nSPS) is 19.1. The van der Waals surface area contributed by atoms with Gasteiger partial charge in [0, 0.05) is 19.5 Å². The molecule has 0 saturated carbocycles. The molecule has 0 spiro atoms. The molecule has 1 N–H and O–H groups in total. The Labute approximate surface area is 128 Å². The first-order valence-corrected chi connectivity index (χ1v) is 7.29. The van der Waals surface area contributed by atoms with Crippen molar-refractivity contribution in [2.24, 2.45) is 5.92 Å². The van der Waals surface area contributed by atoms with Crippen LogP contribution in [-0.4, -0.2) is 41.9 Å². The SMILES string of the molecule is CCNC(=O)[C@H](C)OC(=O)[C@H]1CC(=O)N(Cc2ccco2)C1. The zero-order valence-corrected chi connectivity index (χ0v) is 12.7. The molecule has 0 radical (unpaired) electrons. The summed E-state index contributed by atoms with van der Waals surface area (Å²) in [5.74, 6) is -0.858. The lowest BCUT2D eigenvalue weighted by atomic mass is 10.1. The summed E-state index contributed by atoms with van der Waals surface area (Å²) in [7, 11) is 0. The summed E-state index contributed by atoms with van der Waals surface area (Å²) < 4.78 is 10.3. The third-order valence-corrected chi connectivity index (χ3v) is 3.49. The number of nitrogens with zero attached hydrogens (tertiary/aromatic N) is 1. The molecule has 1 fully saturated rings. The van der Waals surface area contributed by atoms with Crippen LogP contribution in [0.15, 0.2) is 22.8 Å². The molecule has 2 atom stereocenters. The highest BCUT2D eigenvalue weighted by Gasteiger charge is 2.36. The number of furan rings is 1. The molecule has 1 aliphatic heterocycles. The van der Waals surface area contributed by atoms with E-state index in [9.17, 15) is 14.4 Å². The van der Waals surface area contributed by atoms with Crippen LogP contribution in [-0.2, 0) is 25.7 Å². The van der Waals surface area contributed by atoms with Gasteiger partial charge in [-0.3, -0.25) is 14.4 Å². The van der Waals surface area contributed by atoms with Crippen LogP contribution in [0, 0.1) is 5.92 Å². The Morgan fingerprint density at radius 3 is 2.95 bits per heavy atom. The summed E-state index contributed by atoms with van der Waals surface area (Å²) >= 11 is 0. The minimum absolute atomic E-state index is 0.0989. The van der Waals surface area contributed by atoms with Crippen LogP contribution in [0.5, 0.6) is 0 Å². The van der Waals surface area contributed by atoms with Gasteiger partial charge >= 0.3 is 5.97 Å². The van der Waals surface area contributed by atoms with E-state index in [1.54, 1.807) is 24.0 Å². The number of rotatable bonds is 6. The zero-order valence-electron chi connectivity index (χ0n) is 12.7. The number of hydrogen-bond acceptors (Lipinski definition) is 5. The standard InChI is InChI=1S/C15H20N2O5/c1-3-16-14(19)10(2)22-15(20)11-7-13(18)17(8-11)9-12-5-4-6-21-12/h4-6,10-11H,3,7-9H2,1-2H3,(H,16,19)/t10-,11-/m0/s1. The van der Waals surface area contributed by atoms with E-state index in [0.29, 0.717) is 18.8 Å². The summed E-state index contributed by atoms with van der Waals surface area (Å²) in [6.45, 7) is 4.39. The molecule has 22 heavy (non-hydrogen) atoms. The van der Waals surface area contributed by atoms with E-state index in [2.05, 4.69) is 5.32 Å². The number of likely N-dealkylation sites (N-methyl/N-ethyl adjacent to an activating group) is 1. The molecule has 1 aromatic heterocycles. The van der Waals surface area contributed by atoms with Gasteiger partial charge in [-0.15, -0.1) is 0 Å². The summed E-state index contributed by atoms with van der Waals surface area (Å²) in [5.41, 5.74) is 0. The number of esters is 1. The lowest BCUT2D eigenvalue weighted by Gasteiger charge is -2.16. The molecule has 0 aromatic carbocycles. The van der Waals surface area contributed by atoms with Gasteiger partial charge in [0.05, 0.1) is 18.7 Å². The molecule has 0 bridgehead atoms. The third-order valence-electron chi connectivity index (χ3n) is 3.49. The minimum Gasteiger partial charge on any atom is -0.467 e. The third kappa shape index (κ3) is 3.87. The zero-order chi connectivity index (χ0) is 16.1. The summed E-state index contributed by atoms with van der Waals surface area (Å²) in [6, 6.07) is 3.52. The topological polar surface area (TPSA) is 88.8 Å². The Hall–Kier alpha value is -2.31. The fraction of sp³-hybridized carbons (Fsp3) is 0.533. The summed E-state index contributed by atoms with van der Waals surface area (Å²) in [6.07, 6.45) is 0.777. The predicted molar refractivity (Wildman–Crippen MR) is 76.5 cm³/mol. The number of hydrogen-bond donors (Lipinski definition) is 1. The van der Waals surface area contributed by atoms with Crippen LogP contribution >= 0.6 is 0 Å². The van der Waals surface area contributed by atoms with Crippen molar-refractivity contribution in [3.05, 3.63) is 24.2 Å². The molecule has 1 aliphatic rings. The molecule has 2 amide bonds. The average molecular weight is 308 g/mol. The van der Waals surface area contributed by atoms with Crippen molar-refractivity contribution in [2.75, 3.05) is 13.1 Å². The van der Waals surface area contributed by atoms with Crippen molar-refractivity contribution in [1.29, 1.82) is 0 Å². The highest BCUT2D eigenvalue weighted by Crippen LogP contribution is 2.22. The van der Waals surface area contributed by atoms with Gasteiger partial charge < -0.3 is 19.4 Å². The maximum absolute atomic E-state index is 12.1.